The van der Waals surface area contributed by atoms with Crippen molar-refractivity contribution in [3.63, 3.8) is 0 Å². The van der Waals surface area contributed by atoms with Gasteiger partial charge in [-0.2, -0.15) is 0 Å². The molecule has 3 aliphatic heterocycles. The first-order valence-corrected chi connectivity index (χ1v) is 19.8. The van der Waals surface area contributed by atoms with Crippen molar-refractivity contribution in [3.8, 4) is 23.0 Å². The summed E-state index contributed by atoms with van der Waals surface area (Å²) in [5.74, 6) is -9.04. The van der Waals surface area contributed by atoms with E-state index in [1.807, 2.05) is 0 Å². The number of carbonyl (C=O) groups excluding carboxylic acids is 3. The lowest BCUT2D eigenvalue weighted by atomic mass is 9.78. The number of phenols is 3. The third-order valence-corrected chi connectivity index (χ3v) is 11.6. The number of aliphatic hydroxyl groups is 2. The highest BCUT2D eigenvalue weighted by atomic mass is 19.1. The van der Waals surface area contributed by atoms with Crippen LogP contribution in [0.5, 0.6) is 23.0 Å². The van der Waals surface area contributed by atoms with Gasteiger partial charge >= 0.3 is 11.8 Å². The van der Waals surface area contributed by atoms with Gasteiger partial charge in [0.25, 0.3) is 11.7 Å². The molecule has 0 aromatic heterocycles. The van der Waals surface area contributed by atoms with E-state index in [0.717, 1.165) is 0 Å². The molecule has 0 aliphatic carbocycles. The smallest absolute Gasteiger partial charge is 0.312 e. The van der Waals surface area contributed by atoms with Crippen molar-refractivity contribution in [2.24, 2.45) is 23.7 Å². The number of rotatable bonds is 6. The topological polar surface area (TPSA) is 213 Å². The number of nitrogens with one attached hydrogen (secondary N) is 2. The van der Waals surface area contributed by atoms with Crippen LogP contribution < -0.4 is 15.4 Å². The van der Waals surface area contributed by atoms with Crippen LogP contribution in [-0.4, -0.2) is 80.5 Å². The lowest BCUT2D eigenvalue weighted by molar-refractivity contribution is -0.160. The zero-order valence-electron chi connectivity index (χ0n) is 35.2. The van der Waals surface area contributed by atoms with Gasteiger partial charge in [-0.15, -0.1) is 0 Å². The number of allylic oxidation sites excluding steroid dienone is 2. The molecule has 5 bridgehead atoms. The molecule has 3 heterocycles. The maximum Gasteiger partial charge on any atom is 0.312 e. The highest BCUT2D eigenvalue weighted by Crippen LogP contribution is 2.55. The zero-order valence-corrected chi connectivity index (χ0v) is 35.2. The second-order valence-corrected chi connectivity index (χ2v) is 15.9. The van der Waals surface area contributed by atoms with Crippen LogP contribution in [0.15, 0.2) is 60.4 Å². The minimum absolute atomic E-state index is 0.0311. The lowest BCUT2D eigenvalue weighted by Crippen LogP contribution is -2.46. The molecule has 15 heteroatoms. The molecule has 3 aliphatic rings. The number of phenolic OH excluding ortho intramolecular Hbond substituents is 3. The summed E-state index contributed by atoms with van der Waals surface area (Å²) < 4.78 is 37.5. The van der Waals surface area contributed by atoms with E-state index in [1.165, 1.54) is 71.4 Å². The first-order chi connectivity index (χ1) is 28.2. The quantitative estimate of drug-likeness (QED) is 0.0841. The van der Waals surface area contributed by atoms with Crippen molar-refractivity contribution < 1.29 is 63.3 Å². The first-order valence-electron chi connectivity index (χ1n) is 19.8. The number of benzene rings is 3. The average Bonchev–Trinajstić information content (AvgIpc) is 3.47. The van der Waals surface area contributed by atoms with E-state index in [2.05, 4.69) is 10.6 Å². The number of carbonyl (C=O) groups is 3. The van der Waals surface area contributed by atoms with E-state index in [4.69, 9.17) is 18.9 Å². The highest BCUT2D eigenvalue weighted by molar-refractivity contribution is 6.22. The summed E-state index contributed by atoms with van der Waals surface area (Å²) >= 11 is 0. The number of fused-ring (bicyclic) bond motifs is 14. The summed E-state index contributed by atoms with van der Waals surface area (Å²) in [4.78, 5) is 40.5. The van der Waals surface area contributed by atoms with Gasteiger partial charge in [-0.3, -0.25) is 14.4 Å². The minimum atomic E-state index is -2.07. The van der Waals surface area contributed by atoms with E-state index in [9.17, 15) is 44.3 Å². The number of aromatic hydroxyl groups is 3. The summed E-state index contributed by atoms with van der Waals surface area (Å²) in [6.45, 7) is 12.3. The summed E-state index contributed by atoms with van der Waals surface area (Å²) in [5, 5.41) is 63.5. The molecular formula is C45H55FN2O12. The maximum atomic E-state index is 14.4. The van der Waals surface area contributed by atoms with Gasteiger partial charge < -0.3 is 55.1 Å². The maximum absolute atomic E-state index is 14.4. The van der Waals surface area contributed by atoms with E-state index >= 15 is 0 Å². The van der Waals surface area contributed by atoms with Crippen molar-refractivity contribution in [1.29, 1.82) is 0 Å². The van der Waals surface area contributed by atoms with Crippen molar-refractivity contribution >= 4 is 34.1 Å². The molecule has 3 aromatic carbocycles. The third kappa shape index (κ3) is 8.99. The van der Waals surface area contributed by atoms with Gasteiger partial charge in [0, 0.05) is 79.8 Å². The Morgan fingerprint density at radius 3 is 2.30 bits per heavy atom. The number of aliphatic hydroxyl groups excluding tert-OH is 2. The number of esters is 1. The Morgan fingerprint density at radius 2 is 1.65 bits per heavy atom. The Morgan fingerprint density at radius 1 is 0.950 bits per heavy atom. The number of Topliss-reactive ketones (excluding diaryl/α,β-unsaturated/α-hetero) is 1. The van der Waals surface area contributed by atoms with Gasteiger partial charge in [0.15, 0.2) is 5.75 Å². The fourth-order valence-electron chi connectivity index (χ4n) is 7.94. The monoisotopic (exact) mass is 834 g/mol. The van der Waals surface area contributed by atoms with Crippen LogP contribution >= 0.6 is 0 Å². The van der Waals surface area contributed by atoms with Crippen molar-refractivity contribution in [2.75, 3.05) is 12.4 Å². The molecule has 9 atom stereocenters. The van der Waals surface area contributed by atoms with Crippen LogP contribution in [0.3, 0.4) is 0 Å². The number of ketones is 1. The van der Waals surface area contributed by atoms with Gasteiger partial charge in [-0.1, -0.05) is 58.1 Å². The highest BCUT2D eigenvalue weighted by Gasteiger charge is 2.50. The third-order valence-electron chi connectivity index (χ3n) is 11.6. The molecule has 14 nitrogen and oxygen atoms in total. The predicted octanol–water partition coefficient (Wildman–Crippen LogP) is 6.18. The number of halogens is 1. The van der Waals surface area contributed by atoms with Gasteiger partial charge in [-0.25, -0.2) is 4.39 Å². The van der Waals surface area contributed by atoms with Crippen LogP contribution in [0.1, 0.15) is 75.5 Å². The normalized spacial score (nSPS) is 29.1. The molecule has 1 amide bonds. The molecule has 0 radical (unpaired) electrons. The SMILES string of the molecule is CO[C@H]1C=CO[C@@]2(C)Oc3c(C)c(O)c4c(O)c(c(CNCc5cccc(F)c5)c(O)c4c3C2=O)NC(=O)/C(C)=C\C=C/[C@H](C)[C@H](O)[C@@H](C)[C@@H](O)[C@@H](C)[C@H](OC(C)=O)[C@@H]1C. The van der Waals surface area contributed by atoms with Crippen LogP contribution in [0, 0.1) is 36.4 Å². The Hall–Kier alpha value is -5.48. The molecule has 0 saturated heterocycles. The summed E-state index contributed by atoms with van der Waals surface area (Å²) in [6, 6.07) is 5.82. The summed E-state index contributed by atoms with van der Waals surface area (Å²) in [7, 11) is 1.42. The van der Waals surface area contributed by atoms with Crippen LogP contribution in [0.4, 0.5) is 10.1 Å². The van der Waals surface area contributed by atoms with E-state index in [1.54, 1.807) is 45.9 Å². The summed E-state index contributed by atoms with van der Waals surface area (Å²) in [6.07, 6.45) is 3.40. The molecule has 0 spiro atoms. The number of anilines is 1. The molecule has 6 rings (SSSR count). The Kier molecular flexibility index (Phi) is 14.0. The second-order valence-electron chi connectivity index (χ2n) is 15.9. The zero-order chi connectivity index (χ0) is 44.4. The Balaban J connectivity index is 1.68. The molecular weight excluding hydrogens is 779 g/mol. The molecule has 3 aromatic rings. The number of amides is 1. The molecule has 60 heavy (non-hydrogen) atoms. The largest absolute Gasteiger partial charge is 0.507 e. The molecule has 324 valence electrons. The number of methoxy groups -OCH3 is 1. The Labute approximate surface area is 348 Å². The predicted molar refractivity (Wildman–Crippen MR) is 221 cm³/mol. The summed E-state index contributed by atoms with van der Waals surface area (Å²) in [5.41, 5.74) is 0.204. The fraction of sp³-hybridized carbons (Fsp3) is 0.444. The molecule has 0 saturated carbocycles. The van der Waals surface area contributed by atoms with Gasteiger partial charge in [0.1, 0.15) is 29.2 Å². The Bertz CT molecular complexity index is 2240. The minimum Gasteiger partial charge on any atom is -0.507 e. The first kappa shape index (κ1) is 45.6. The van der Waals surface area contributed by atoms with Crippen molar-refractivity contribution in [3.05, 3.63) is 88.5 Å². The van der Waals surface area contributed by atoms with Crippen molar-refractivity contribution in [1.82, 2.24) is 5.32 Å². The molecule has 0 fully saturated rings. The lowest BCUT2D eigenvalue weighted by Gasteiger charge is -2.38. The average molecular weight is 835 g/mol. The van der Waals surface area contributed by atoms with Crippen LogP contribution in [0.25, 0.3) is 10.8 Å². The van der Waals surface area contributed by atoms with E-state index in [-0.39, 0.29) is 57.6 Å². The van der Waals surface area contributed by atoms with E-state index in [0.29, 0.717) is 5.56 Å². The van der Waals surface area contributed by atoms with Crippen LogP contribution in [0.2, 0.25) is 0 Å². The number of ether oxygens (including phenoxy) is 4. The van der Waals surface area contributed by atoms with Crippen LogP contribution in [-0.2, 0) is 36.9 Å². The standard InChI is InChI=1S/C45H55FN2O12/c1-21-12-10-13-22(2)44(56)48-35-30(20-47-19-28-14-11-15-29(46)18-28)39(53)32-33(40(35)54)38(52)26(6)42-34(32)43(55)45(8,60-42)58-17-16-31(57-9)23(3)41(59-27(7)49)25(5)37(51)24(4)36(21)50/h10-18,21,23-25,31,36-37,41,47,50-54H,19-20H2,1-9H3,(H,48,56)/b12-10-,17-16?,22-13-/t21-,23+,24+,25+,31-,36-,37+,41+,45-/m0/s1. The van der Waals surface area contributed by atoms with Gasteiger partial charge in [0.2, 0.25) is 0 Å². The van der Waals surface area contributed by atoms with Gasteiger partial charge in [-0.05, 0) is 37.6 Å². The second kappa shape index (κ2) is 18.4. The number of hydrogen-bond acceptors (Lipinski definition) is 13. The van der Waals surface area contributed by atoms with E-state index < -0.39 is 94.6 Å². The number of hydrogen-bond donors (Lipinski definition) is 7. The molecule has 7 N–H and O–H groups in total. The van der Waals surface area contributed by atoms with Crippen molar-refractivity contribution in [2.45, 2.75) is 98.7 Å². The molecule has 0 unspecified atom stereocenters. The fourth-order valence-corrected chi connectivity index (χ4v) is 7.94. The van der Waals surface area contributed by atoms with Gasteiger partial charge in [0.05, 0.1) is 41.2 Å².